The Morgan fingerprint density at radius 1 is 1.22 bits per heavy atom. The molecule has 6 heteroatoms. The highest BCUT2D eigenvalue weighted by atomic mass is 19.1. The van der Waals surface area contributed by atoms with Crippen molar-refractivity contribution in [3.63, 3.8) is 0 Å². The first kappa shape index (κ1) is 12.5. The normalized spacial score (nSPS) is 15.3. The van der Waals surface area contributed by atoms with Gasteiger partial charge < -0.3 is 15.0 Å². The Bertz CT molecular complexity index is 458. The Labute approximate surface area is 104 Å². The van der Waals surface area contributed by atoms with E-state index in [1.54, 1.807) is 6.07 Å². The van der Waals surface area contributed by atoms with Gasteiger partial charge in [-0.05, 0) is 12.1 Å². The van der Waals surface area contributed by atoms with Gasteiger partial charge >= 0.3 is 11.8 Å². The average molecular weight is 252 g/mol. The van der Waals surface area contributed by atoms with Gasteiger partial charge in [0, 0.05) is 13.1 Å². The molecular weight excluding hydrogens is 239 g/mol. The number of morpholine rings is 1. The summed E-state index contributed by atoms with van der Waals surface area (Å²) in [7, 11) is 0. The zero-order valence-corrected chi connectivity index (χ0v) is 9.69. The first-order chi connectivity index (χ1) is 8.68. The Hall–Kier alpha value is -1.95. The van der Waals surface area contributed by atoms with Crippen LogP contribution in [-0.4, -0.2) is 43.0 Å². The van der Waals surface area contributed by atoms with E-state index in [4.69, 9.17) is 4.74 Å². The van der Waals surface area contributed by atoms with Crippen molar-refractivity contribution in [2.45, 2.75) is 0 Å². The molecule has 1 aromatic rings. The minimum absolute atomic E-state index is 0.00381. The Morgan fingerprint density at radius 3 is 2.56 bits per heavy atom. The van der Waals surface area contributed by atoms with Crippen LogP contribution in [0.15, 0.2) is 24.3 Å². The van der Waals surface area contributed by atoms with Gasteiger partial charge in [-0.3, -0.25) is 9.59 Å². The number of para-hydroxylation sites is 1. The van der Waals surface area contributed by atoms with Crippen molar-refractivity contribution in [3.8, 4) is 0 Å². The van der Waals surface area contributed by atoms with Crippen molar-refractivity contribution in [1.82, 2.24) is 4.90 Å². The molecular formula is C12H13FN2O3. The van der Waals surface area contributed by atoms with Crippen LogP contribution in [0.25, 0.3) is 0 Å². The van der Waals surface area contributed by atoms with E-state index in [-0.39, 0.29) is 5.69 Å². The van der Waals surface area contributed by atoms with Crippen molar-refractivity contribution in [3.05, 3.63) is 30.1 Å². The van der Waals surface area contributed by atoms with E-state index in [1.165, 1.54) is 23.1 Å². The molecule has 1 aliphatic heterocycles. The third kappa shape index (κ3) is 2.84. The third-order valence-corrected chi connectivity index (χ3v) is 2.61. The molecule has 1 N–H and O–H groups in total. The topological polar surface area (TPSA) is 58.6 Å². The van der Waals surface area contributed by atoms with Gasteiger partial charge in [-0.25, -0.2) is 4.39 Å². The summed E-state index contributed by atoms with van der Waals surface area (Å²) in [6, 6.07) is 5.71. The van der Waals surface area contributed by atoms with Crippen LogP contribution in [0.1, 0.15) is 0 Å². The van der Waals surface area contributed by atoms with Crippen LogP contribution >= 0.6 is 0 Å². The van der Waals surface area contributed by atoms with Gasteiger partial charge in [0.2, 0.25) is 0 Å². The van der Waals surface area contributed by atoms with Crippen LogP contribution in [0.5, 0.6) is 0 Å². The number of hydrogen-bond acceptors (Lipinski definition) is 3. The second-order valence-electron chi connectivity index (χ2n) is 3.84. The lowest BCUT2D eigenvalue weighted by molar-refractivity contribution is -0.145. The molecule has 1 saturated heterocycles. The van der Waals surface area contributed by atoms with Gasteiger partial charge in [-0.2, -0.15) is 0 Å². The number of carbonyl (C=O) groups excluding carboxylic acids is 2. The number of benzene rings is 1. The molecule has 0 spiro atoms. The first-order valence-corrected chi connectivity index (χ1v) is 5.61. The van der Waals surface area contributed by atoms with E-state index in [1.807, 2.05) is 0 Å². The highest BCUT2D eigenvalue weighted by Crippen LogP contribution is 2.12. The highest BCUT2D eigenvalue weighted by Gasteiger charge is 2.24. The summed E-state index contributed by atoms with van der Waals surface area (Å²) in [6.45, 7) is 1.59. The predicted octanol–water partition coefficient (Wildman–Crippen LogP) is 0.623. The third-order valence-electron chi connectivity index (χ3n) is 2.61. The molecule has 0 bridgehead atoms. The molecule has 0 radical (unpaired) electrons. The Balaban J connectivity index is 1.99. The molecule has 2 rings (SSSR count). The standard InChI is InChI=1S/C12H13FN2O3/c13-9-3-1-2-4-10(9)14-11(16)12(17)15-5-7-18-8-6-15/h1-4H,5-8H2,(H,14,16). The SMILES string of the molecule is O=C(Nc1ccccc1F)C(=O)N1CCOCC1. The van der Waals surface area contributed by atoms with E-state index in [9.17, 15) is 14.0 Å². The molecule has 1 aliphatic rings. The van der Waals surface area contributed by atoms with Crippen molar-refractivity contribution in [2.75, 3.05) is 31.6 Å². The summed E-state index contributed by atoms with van der Waals surface area (Å²) in [5.41, 5.74) is 0.00381. The zero-order chi connectivity index (χ0) is 13.0. The number of nitrogens with zero attached hydrogens (tertiary/aromatic N) is 1. The summed E-state index contributed by atoms with van der Waals surface area (Å²) < 4.78 is 18.4. The van der Waals surface area contributed by atoms with Gasteiger partial charge in [-0.15, -0.1) is 0 Å². The summed E-state index contributed by atoms with van der Waals surface area (Å²) in [4.78, 5) is 24.8. The van der Waals surface area contributed by atoms with Crippen LogP contribution in [-0.2, 0) is 14.3 Å². The van der Waals surface area contributed by atoms with Gasteiger partial charge in [0.15, 0.2) is 0 Å². The maximum atomic E-state index is 13.3. The fourth-order valence-electron chi connectivity index (χ4n) is 1.65. The maximum absolute atomic E-state index is 13.3. The fraction of sp³-hybridized carbons (Fsp3) is 0.333. The summed E-state index contributed by atoms with van der Waals surface area (Å²) >= 11 is 0. The predicted molar refractivity (Wildman–Crippen MR) is 62.4 cm³/mol. The number of anilines is 1. The lowest BCUT2D eigenvalue weighted by Gasteiger charge is -2.26. The van der Waals surface area contributed by atoms with E-state index in [2.05, 4.69) is 5.32 Å². The average Bonchev–Trinajstić information content (AvgIpc) is 2.41. The molecule has 5 nitrogen and oxygen atoms in total. The number of carbonyl (C=O) groups is 2. The summed E-state index contributed by atoms with van der Waals surface area (Å²) in [5, 5.41) is 2.26. The van der Waals surface area contributed by atoms with Gasteiger partial charge in [0.1, 0.15) is 5.82 Å². The Morgan fingerprint density at radius 2 is 1.89 bits per heavy atom. The molecule has 1 fully saturated rings. The lowest BCUT2D eigenvalue weighted by Crippen LogP contribution is -2.45. The van der Waals surface area contributed by atoms with Gasteiger partial charge in [0.05, 0.1) is 18.9 Å². The molecule has 18 heavy (non-hydrogen) atoms. The van der Waals surface area contributed by atoms with Crippen molar-refractivity contribution in [1.29, 1.82) is 0 Å². The van der Waals surface area contributed by atoms with Gasteiger partial charge in [-0.1, -0.05) is 12.1 Å². The second-order valence-corrected chi connectivity index (χ2v) is 3.84. The Kier molecular flexibility index (Phi) is 3.88. The molecule has 1 aromatic carbocycles. The lowest BCUT2D eigenvalue weighted by atomic mass is 10.3. The van der Waals surface area contributed by atoms with Crippen LogP contribution in [0.4, 0.5) is 10.1 Å². The van der Waals surface area contributed by atoms with Crippen LogP contribution in [0.3, 0.4) is 0 Å². The molecule has 2 amide bonds. The second kappa shape index (κ2) is 5.59. The smallest absolute Gasteiger partial charge is 0.313 e. The minimum Gasteiger partial charge on any atom is -0.378 e. The molecule has 1 heterocycles. The largest absolute Gasteiger partial charge is 0.378 e. The monoisotopic (exact) mass is 252 g/mol. The number of halogens is 1. The first-order valence-electron chi connectivity index (χ1n) is 5.61. The number of hydrogen-bond donors (Lipinski definition) is 1. The van der Waals surface area contributed by atoms with E-state index >= 15 is 0 Å². The minimum atomic E-state index is -0.831. The molecule has 96 valence electrons. The number of rotatable bonds is 1. The molecule has 0 unspecified atom stereocenters. The van der Waals surface area contributed by atoms with E-state index in [0.29, 0.717) is 26.3 Å². The number of nitrogens with one attached hydrogen (secondary N) is 1. The maximum Gasteiger partial charge on any atom is 0.313 e. The van der Waals surface area contributed by atoms with Crippen LogP contribution in [0.2, 0.25) is 0 Å². The van der Waals surface area contributed by atoms with Gasteiger partial charge in [0.25, 0.3) is 0 Å². The van der Waals surface area contributed by atoms with Crippen molar-refractivity contribution in [2.24, 2.45) is 0 Å². The van der Waals surface area contributed by atoms with Crippen LogP contribution < -0.4 is 5.32 Å². The molecule has 0 aliphatic carbocycles. The van der Waals surface area contributed by atoms with E-state index in [0.717, 1.165) is 0 Å². The quantitative estimate of drug-likeness (QED) is 0.745. The van der Waals surface area contributed by atoms with E-state index < -0.39 is 17.6 Å². The molecule has 0 atom stereocenters. The highest BCUT2D eigenvalue weighted by molar-refractivity contribution is 6.39. The molecule has 0 saturated carbocycles. The van der Waals surface area contributed by atoms with Crippen molar-refractivity contribution < 1.29 is 18.7 Å². The summed E-state index contributed by atoms with van der Waals surface area (Å²) in [5.74, 6) is -2.07. The fourth-order valence-corrected chi connectivity index (χ4v) is 1.65. The molecule has 0 aromatic heterocycles. The number of ether oxygens (including phenoxy) is 1. The summed E-state index contributed by atoms with van der Waals surface area (Å²) in [6.07, 6.45) is 0. The zero-order valence-electron chi connectivity index (χ0n) is 9.69. The van der Waals surface area contributed by atoms with Crippen molar-refractivity contribution >= 4 is 17.5 Å². The number of amides is 2. The van der Waals surface area contributed by atoms with Crippen LogP contribution in [0, 0.1) is 5.82 Å².